The van der Waals surface area contributed by atoms with Crippen LogP contribution in [0.2, 0.25) is 0 Å². The van der Waals surface area contributed by atoms with E-state index >= 15 is 0 Å². The average Bonchev–Trinajstić information content (AvgIpc) is 2.96. The van der Waals surface area contributed by atoms with Crippen LogP contribution in [0.5, 0.6) is 0 Å². The lowest BCUT2D eigenvalue weighted by Crippen LogP contribution is -2.26. The second kappa shape index (κ2) is 6.80. The molecule has 2 heterocycles. The Morgan fingerprint density at radius 2 is 2.00 bits per heavy atom. The molecule has 3 rings (SSSR count). The number of pyridine rings is 1. The Morgan fingerprint density at radius 3 is 2.71 bits per heavy atom. The van der Waals surface area contributed by atoms with Crippen LogP contribution in [0.1, 0.15) is 28.0 Å². The van der Waals surface area contributed by atoms with Crippen molar-refractivity contribution < 1.29 is 9.32 Å². The van der Waals surface area contributed by atoms with E-state index < -0.39 is 0 Å². The van der Waals surface area contributed by atoms with E-state index in [-0.39, 0.29) is 5.91 Å². The van der Waals surface area contributed by atoms with E-state index in [0.717, 1.165) is 17.5 Å². The Labute approximate surface area is 140 Å². The van der Waals surface area contributed by atoms with Crippen molar-refractivity contribution in [2.75, 3.05) is 13.1 Å². The molecule has 0 saturated carbocycles. The minimum Gasteiger partial charge on any atom is -0.352 e. The highest BCUT2D eigenvalue weighted by molar-refractivity contribution is 6.06. The maximum atomic E-state index is 12.6. The molecule has 0 fully saturated rings. The van der Waals surface area contributed by atoms with Gasteiger partial charge in [-0.05, 0) is 32.9 Å². The first-order valence-electron chi connectivity index (χ1n) is 7.92. The first kappa shape index (κ1) is 16.1. The third-order valence-corrected chi connectivity index (χ3v) is 3.88. The van der Waals surface area contributed by atoms with Crippen LogP contribution in [0.15, 0.2) is 34.9 Å². The molecule has 1 aromatic carbocycles. The fourth-order valence-corrected chi connectivity index (χ4v) is 2.55. The fourth-order valence-electron chi connectivity index (χ4n) is 2.55. The Morgan fingerprint density at radius 1 is 1.25 bits per heavy atom. The van der Waals surface area contributed by atoms with E-state index in [2.05, 4.69) is 15.5 Å². The highest BCUT2D eigenvalue weighted by Crippen LogP contribution is 2.27. The zero-order chi connectivity index (χ0) is 17.1. The lowest BCUT2D eigenvalue weighted by molar-refractivity contribution is 0.0955. The van der Waals surface area contributed by atoms with Crippen molar-refractivity contribution in [3.8, 4) is 11.3 Å². The molecule has 0 aliphatic carbocycles. The largest absolute Gasteiger partial charge is 0.352 e. The van der Waals surface area contributed by atoms with Crippen molar-refractivity contribution in [1.82, 2.24) is 15.5 Å². The van der Waals surface area contributed by atoms with Crippen LogP contribution in [0, 0.1) is 13.8 Å². The molecule has 0 spiro atoms. The van der Waals surface area contributed by atoms with Crippen molar-refractivity contribution in [2.24, 2.45) is 5.73 Å². The molecule has 0 atom stereocenters. The number of nitrogens with zero attached hydrogens (tertiary/aromatic N) is 2. The summed E-state index contributed by atoms with van der Waals surface area (Å²) in [6.45, 7) is 4.89. The molecule has 3 aromatic rings. The summed E-state index contributed by atoms with van der Waals surface area (Å²) < 4.78 is 5.29. The summed E-state index contributed by atoms with van der Waals surface area (Å²) >= 11 is 0. The van der Waals surface area contributed by atoms with Crippen LogP contribution in [-0.4, -0.2) is 29.1 Å². The molecular formula is C18H20N4O2. The molecule has 0 radical (unpaired) electrons. The van der Waals surface area contributed by atoms with E-state index in [4.69, 9.17) is 10.3 Å². The molecule has 0 saturated heterocycles. The van der Waals surface area contributed by atoms with Crippen LogP contribution in [0.3, 0.4) is 0 Å². The number of rotatable bonds is 5. The van der Waals surface area contributed by atoms with Crippen LogP contribution < -0.4 is 11.1 Å². The molecule has 24 heavy (non-hydrogen) atoms. The highest BCUT2D eigenvalue weighted by atomic mass is 16.5. The predicted octanol–water partition coefficient (Wildman–Crippen LogP) is 2.59. The number of nitrogens with one attached hydrogen (secondary N) is 1. The average molecular weight is 324 g/mol. The summed E-state index contributed by atoms with van der Waals surface area (Å²) in [7, 11) is 0. The van der Waals surface area contributed by atoms with E-state index in [0.29, 0.717) is 41.1 Å². The maximum Gasteiger partial charge on any atom is 0.259 e. The molecule has 0 unspecified atom stereocenters. The third kappa shape index (κ3) is 3.14. The Kier molecular flexibility index (Phi) is 4.57. The number of hydrogen-bond donors (Lipinski definition) is 2. The SMILES string of the molecule is Cc1ccc(-c2cc(C(=O)NCCCN)c3c(C)noc3n2)cc1. The van der Waals surface area contributed by atoms with Crippen molar-refractivity contribution >= 4 is 17.0 Å². The van der Waals surface area contributed by atoms with Crippen LogP contribution >= 0.6 is 0 Å². The first-order valence-corrected chi connectivity index (χ1v) is 7.92. The number of nitrogens with two attached hydrogens (primary N) is 1. The van der Waals surface area contributed by atoms with E-state index in [1.807, 2.05) is 31.2 Å². The lowest BCUT2D eigenvalue weighted by atomic mass is 10.0. The van der Waals surface area contributed by atoms with Gasteiger partial charge in [-0.25, -0.2) is 4.98 Å². The van der Waals surface area contributed by atoms with Crippen molar-refractivity contribution in [1.29, 1.82) is 0 Å². The molecule has 2 aromatic heterocycles. The van der Waals surface area contributed by atoms with Gasteiger partial charge in [-0.2, -0.15) is 0 Å². The second-order valence-electron chi connectivity index (χ2n) is 5.77. The molecule has 0 bridgehead atoms. The van der Waals surface area contributed by atoms with Crippen molar-refractivity contribution in [3.05, 3.63) is 47.2 Å². The van der Waals surface area contributed by atoms with E-state index in [1.165, 1.54) is 0 Å². The number of benzene rings is 1. The zero-order valence-corrected chi connectivity index (χ0v) is 13.8. The Balaban J connectivity index is 2.06. The smallest absolute Gasteiger partial charge is 0.259 e. The molecular weight excluding hydrogens is 304 g/mol. The van der Waals surface area contributed by atoms with Gasteiger partial charge < -0.3 is 15.6 Å². The summed E-state index contributed by atoms with van der Waals surface area (Å²) in [5.41, 5.74) is 9.79. The van der Waals surface area contributed by atoms with Gasteiger partial charge in [-0.1, -0.05) is 35.0 Å². The fraction of sp³-hybridized carbons (Fsp3) is 0.278. The van der Waals surface area contributed by atoms with Gasteiger partial charge in [0.05, 0.1) is 22.3 Å². The third-order valence-electron chi connectivity index (χ3n) is 3.88. The number of carbonyl (C=O) groups excluding carboxylic acids is 1. The number of aryl methyl sites for hydroxylation is 2. The van der Waals surface area contributed by atoms with Crippen LogP contribution in [-0.2, 0) is 0 Å². The summed E-state index contributed by atoms with van der Waals surface area (Å²) in [5, 5.41) is 7.48. The van der Waals surface area contributed by atoms with Crippen LogP contribution in [0.25, 0.3) is 22.4 Å². The molecule has 0 aliphatic rings. The Hall–Kier alpha value is -2.73. The van der Waals surface area contributed by atoms with Gasteiger partial charge in [0, 0.05) is 12.1 Å². The molecule has 124 valence electrons. The molecule has 6 nitrogen and oxygen atoms in total. The van der Waals surface area contributed by atoms with Crippen molar-refractivity contribution in [3.63, 3.8) is 0 Å². The van der Waals surface area contributed by atoms with Gasteiger partial charge in [0.2, 0.25) is 0 Å². The van der Waals surface area contributed by atoms with E-state index in [9.17, 15) is 4.79 Å². The number of carbonyl (C=O) groups is 1. The predicted molar refractivity (Wildman–Crippen MR) is 92.7 cm³/mol. The standard InChI is InChI=1S/C18H20N4O2/c1-11-4-6-13(7-5-11)15-10-14(17(23)20-9-3-8-19)16-12(2)22-24-18(16)21-15/h4-7,10H,3,8-9,19H2,1-2H3,(H,20,23). The minimum atomic E-state index is -0.171. The second-order valence-corrected chi connectivity index (χ2v) is 5.77. The maximum absolute atomic E-state index is 12.6. The first-order chi connectivity index (χ1) is 11.6. The topological polar surface area (TPSA) is 94.0 Å². The number of aromatic nitrogens is 2. The van der Waals surface area contributed by atoms with Crippen LogP contribution in [0.4, 0.5) is 0 Å². The Bertz CT molecular complexity index is 869. The number of hydrogen-bond acceptors (Lipinski definition) is 5. The molecule has 3 N–H and O–H groups in total. The van der Waals surface area contributed by atoms with Gasteiger partial charge in [-0.15, -0.1) is 0 Å². The quantitative estimate of drug-likeness (QED) is 0.704. The normalized spacial score (nSPS) is 11.0. The van der Waals surface area contributed by atoms with Gasteiger partial charge in [0.1, 0.15) is 0 Å². The molecule has 1 amide bonds. The van der Waals surface area contributed by atoms with E-state index in [1.54, 1.807) is 13.0 Å². The lowest BCUT2D eigenvalue weighted by Gasteiger charge is -2.08. The molecule has 6 heteroatoms. The van der Waals surface area contributed by atoms with Gasteiger partial charge in [-0.3, -0.25) is 4.79 Å². The van der Waals surface area contributed by atoms with Crippen molar-refractivity contribution in [2.45, 2.75) is 20.3 Å². The number of fused-ring (bicyclic) bond motifs is 1. The van der Waals surface area contributed by atoms with Gasteiger partial charge in [0.15, 0.2) is 0 Å². The summed E-state index contributed by atoms with van der Waals surface area (Å²) in [4.78, 5) is 17.1. The minimum absolute atomic E-state index is 0.171. The highest BCUT2D eigenvalue weighted by Gasteiger charge is 2.19. The zero-order valence-electron chi connectivity index (χ0n) is 13.8. The summed E-state index contributed by atoms with van der Waals surface area (Å²) in [6, 6.07) is 9.75. The number of amides is 1. The van der Waals surface area contributed by atoms with Gasteiger partial charge >= 0.3 is 0 Å². The van der Waals surface area contributed by atoms with Gasteiger partial charge in [0.25, 0.3) is 11.6 Å². The monoisotopic (exact) mass is 324 g/mol. The summed E-state index contributed by atoms with van der Waals surface area (Å²) in [5.74, 6) is -0.171. The summed E-state index contributed by atoms with van der Waals surface area (Å²) in [6.07, 6.45) is 0.730. The molecule has 0 aliphatic heterocycles.